The topological polar surface area (TPSA) is 135 Å². The second kappa shape index (κ2) is 9.72. The molecular weight excluding hydrogens is 442 g/mol. The van der Waals surface area contributed by atoms with Crippen molar-refractivity contribution >= 4 is 29.2 Å². The van der Waals surface area contributed by atoms with Crippen molar-refractivity contribution in [2.75, 3.05) is 31.3 Å². The summed E-state index contributed by atoms with van der Waals surface area (Å²) in [4.78, 5) is 39.2. The van der Waals surface area contributed by atoms with Gasteiger partial charge in [0.1, 0.15) is 29.8 Å². The van der Waals surface area contributed by atoms with E-state index < -0.39 is 6.03 Å². The van der Waals surface area contributed by atoms with Crippen LogP contribution in [0.4, 0.5) is 16.2 Å². The van der Waals surface area contributed by atoms with Gasteiger partial charge in [0, 0.05) is 19.8 Å². The number of anilines is 2. The summed E-state index contributed by atoms with van der Waals surface area (Å²) in [5.74, 6) is 0.595. The lowest BCUT2D eigenvalue weighted by molar-refractivity contribution is -0.133. The Morgan fingerprint density at radius 1 is 1.21 bits per heavy atom. The Hall–Kier alpha value is -3.60. The van der Waals surface area contributed by atoms with Gasteiger partial charge in [-0.05, 0) is 44.9 Å². The van der Waals surface area contributed by atoms with E-state index in [-0.39, 0.29) is 43.1 Å². The van der Waals surface area contributed by atoms with E-state index >= 15 is 0 Å². The van der Waals surface area contributed by atoms with Gasteiger partial charge < -0.3 is 34.8 Å². The first kappa shape index (κ1) is 23.6. The molecule has 0 radical (unpaired) electrons. The van der Waals surface area contributed by atoms with Crippen molar-refractivity contribution in [2.45, 2.75) is 51.4 Å². The number of carbonyl (C=O) groups excluding carboxylic acids is 3. The first-order chi connectivity index (χ1) is 16.3. The third-order valence-electron chi connectivity index (χ3n) is 6.23. The highest BCUT2D eigenvalue weighted by atomic mass is 16.5. The Balaban J connectivity index is 1.48. The number of urea groups is 1. The average Bonchev–Trinajstić information content (AvgIpc) is 3.13. The molecule has 0 spiro atoms. The summed E-state index contributed by atoms with van der Waals surface area (Å²) >= 11 is 0. The highest BCUT2D eigenvalue weighted by molar-refractivity contribution is 6.03. The zero-order valence-electron chi connectivity index (χ0n) is 19.6. The first-order valence-corrected chi connectivity index (χ1v) is 11.2. The minimum absolute atomic E-state index is 0.0802. The fraction of sp³-hybridized carbons (Fsp3) is 0.478. The Morgan fingerprint density at radius 2 is 2.00 bits per heavy atom. The fourth-order valence-corrected chi connectivity index (χ4v) is 4.35. The molecule has 3 atom stereocenters. The standard InChI is InChI=1S/C23H29N5O6/c1-12-21(13(2)34-27-12)26-23(31)25-14-5-8-18-16(9-14)22(30)28(4)17-7-6-15(10-20(29)24-3)33-19(17)11-32-18/h5,8-9,15,17,19H,6-7,10-11H2,1-4H3,(H,24,29)(H2,25,26,31)/t15-,17-,19-/m0/s1. The molecule has 1 saturated heterocycles. The molecule has 2 aliphatic rings. The summed E-state index contributed by atoms with van der Waals surface area (Å²) < 4.78 is 17.1. The van der Waals surface area contributed by atoms with Crippen molar-refractivity contribution in [1.82, 2.24) is 15.4 Å². The lowest BCUT2D eigenvalue weighted by Gasteiger charge is -2.42. The van der Waals surface area contributed by atoms with Crippen LogP contribution >= 0.6 is 0 Å². The number of nitrogens with zero attached hydrogens (tertiary/aromatic N) is 2. The van der Waals surface area contributed by atoms with Gasteiger partial charge in [-0.1, -0.05) is 5.16 Å². The van der Waals surface area contributed by atoms with Gasteiger partial charge in [0.25, 0.3) is 5.91 Å². The summed E-state index contributed by atoms with van der Waals surface area (Å²) in [6, 6.07) is 4.25. The molecule has 4 amide bonds. The van der Waals surface area contributed by atoms with Crippen LogP contribution in [0.25, 0.3) is 0 Å². The van der Waals surface area contributed by atoms with Gasteiger partial charge >= 0.3 is 6.03 Å². The largest absolute Gasteiger partial charge is 0.490 e. The number of likely N-dealkylation sites (N-methyl/N-ethyl adjacent to an activating group) is 1. The number of fused-ring (bicyclic) bond motifs is 2. The van der Waals surface area contributed by atoms with E-state index in [0.717, 1.165) is 0 Å². The monoisotopic (exact) mass is 471 g/mol. The Kier molecular flexibility index (Phi) is 6.73. The second-order valence-corrected chi connectivity index (χ2v) is 8.53. The molecule has 1 aromatic carbocycles. The van der Waals surface area contributed by atoms with Gasteiger partial charge in [0.2, 0.25) is 5.91 Å². The van der Waals surface area contributed by atoms with E-state index in [1.807, 2.05) is 0 Å². The predicted molar refractivity (Wildman–Crippen MR) is 123 cm³/mol. The maximum atomic E-state index is 13.3. The molecule has 0 aliphatic carbocycles. The van der Waals surface area contributed by atoms with Crippen LogP contribution < -0.4 is 20.7 Å². The molecule has 11 heteroatoms. The van der Waals surface area contributed by atoms with Gasteiger partial charge in [-0.15, -0.1) is 0 Å². The highest BCUT2D eigenvalue weighted by Gasteiger charge is 2.39. The number of nitrogens with one attached hydrogen (secondary N) is 3. The number of benzene rings is 1. The van der Waals surface area contributed by atoms with Gasteiger partial charge in [0.15, 0.2) is 5.76 Å². The van der Waals surface area contributed by atoms with Gasteiger partial charge in [-0.25, -0.2) is 4.79 Å². The molecule has 3 N–H and O–H groups in total. The quantitative estimate of drug-likeness (QED) is 0.623. The normalized spacial score (nSPS) is 21.9. The molecule has 2 aromatic rings. The van der Waals surface area contributed by atoms with Crippen molar-refractivity contribution in [1.29, 1.82) is 0 Å². The number of hydrogen-bond donors (Lipinski definition) is 3. The fourth-order valence-electron chi connectivity index (χ4n) is 4.35. The molecule has 1 fully saturated rings. The number of hydrogen-bond acceptors (Lipinski definition) is 7. The molecule has 4 rings (SSSR count). The third kappa shape index (κ3) is 4.84. The van der Waals surface area contributed by atoms with E-state index in [9.17, 15) is 14.4 Å². The Labute approximate surface area is 197 Å². The maximum Gasteiger partial charge on any atom is 0.323 e. The van der Waals surface area contributed by atoms with Gasteiger partial charge in [0.05, 0.1) is 24.1 Å². The summed E-state index contributed by atoms with van der Waals surface area (Å²) in [5, 5.41) is 11.9. The van der Waals surface area contributed by atoms with Crippen LogP contribution in [0.5, 0.6) is 5.75 Å². The molecule has 0 saturated carbocycles. The van der Waals surface area contributed by atoms with Crippen LogP contribution in [-0.2, 0) is 9.53 Å². The van der Waals surface area contributed by atoms with Crippen molar-refractivity contribution in [2.24, 2.45) is 0 Å². The van der Waals surface area contributed by atoms with E-state index in [0.29, 0.717) is 47.0 Å². The number of amides is 4. The van der Waals surface area contributed by atoms with Crippen LogP contribution in [0, 0.1) is 13.8 Å². The van der Waals surface area contributed by atoms with Crippen molar-refractivity contribution < 1.29 is 28.4 Å². The Morgan fingerprint density at radius 3 is 2.71 bits per heavy atom. The smallest absolute Gasteiger partial charge is 0.323 e. The molecule has 182 valence electrons. The summed E-state index contributed by atoms with van der Waals surface area (Å²) in [5.41, 5.74) is 1.86. The SMILES string of the molecule is CNC(=O)C[C@@H]1CC[C@H]2[C@H](COc3ccc(NC(=O)Nc4c(C)noc4C)cc3C(=O)N2C)O1. The summed E-state index contributed by atoms with van der Waals surface area (Å²) in [6.45, 7) is 3.68. The zero-order valence-corrected chi connectivity index (χ0v) is 19.6. The van der Waals surface area contributed by atoms with E-state index in [1.165, 1.54) is 0 Å². The van der Waals surface area contributed by atoms with Gasteiger partial charge in [-0.3, -0.25) is 9.59 Å². The van der Waals surface area contributed by atoms with Crippen LogP contribution in [0.1, 0.15) is 41.1 Å². The minimum atomic E-state index is -0.482. The number of carbonyl (C=O) groups is 3. The van der Waals surface area contributed by atoms with Gasteiger partial charge in [-0.2, -0.15) is 0 Å². The summed E-state index contributed by atoms with van der Waals surface area (Å²) in [6.07, 6.45) is 1.09. The number of aryl methyl sites for hydroxylation is 2. The van der Waals surface area contributed by atoms with Crippen LogP contribution in [-0.4, -0.2) is 66.9 Å². The van der Waals surface area contributed by atoms with Crippen LogP contribution in [0.3, 0.4) is 0 Å². The molecule has 3 heterocycles. The van der Waals surface area contributed by atoms with Crippen LogP contribution in [0.2, 0.25) is 0 Å². The summed E-state index contributed by atoms with van der Waals surface area (Å²) in [7, 11) is 3.33. The highest BCUT2D eigenvalue weighted by Crippen LogP contribution is 2.32. The van der Waals surface area contributed by atoms with Crippen molar-refractivity contribution in [3.05, 3.63) is 35.2 Å². The molecule has 34 heavy (non-hydrogen) atoms. The number of ether oxygens (including phenoxy) is 2. The minimum Gasteiger partial charge on any atom is -0.490 e. The number of rotatable bonds is 4. The predicted octanol–water partition coefficient (Wildman–Crippen LogP) is 2.45. The van der Waals surface area contributed by atoms with E-state index in [4.69, 9.17) is 14.0 Å². The molecule has 1 aromatic heterocycles. The van der Waals surface area contributed by atoms with Crippen molar-refractivity contribution in [3.8, 4) is 5.75 Å². The molecule has 2 aliphatic heterocycles. The average molecular weight is 472 g/mol. The third-order valence-corrected chi connectivity index (χ3v) is 6.23. The Bertz CT molecular complexity index is 1080. The molecule has 0 bridgehead atoms. The van der Waals surface area contributed by atoms with E-state index in [1.54, 1.807) is 51.0 Å². The lowest BCUT2D eigenvalue weighted by Crippen LogP contribution is -2.53. The molecule has 11 nitrogen and oxygen atoms in total. The number of aromatic nitrogens is 1. The maximum absolute atomic E-state index is 13.3. The second-order valence-electron chi connectivity index (χ2n) is 8.53. The zero-order chi connectivity index (χ0) is 24.4. The first-order valence-electron chi connectivity index (χ1n) is 11.2. The lowest BCUT2D eigenvalue weighted by atomic mass is 9.94. The van der Waals surface area contributed by atoms with E-state index in [2.05, 4.69) is 21.1 Å². The molecular formula is C23H29N5O6. The van der Waals surface area contributed by atoms with Crippen molar-refractivity contribution in [3.63, 3.8) is 0 Å². The van der Waals surface area contributed by atoms with Crippen LogP contribution in [0.15, 0.2) is 22.7 Å². The molecule has 0 unspecified atom stereocenters.